The maximum Gasteiger partial charge on any atom is 0.134 e. The monoisotopic (exact) mass is 234 g/mol. The molecule has 0 bridgehead atoms. The summed E-state index contributed by atoms with van der Waals surface area (Å²) in [5.41, 5.74) is 1.24. The van der Waals surface area contributed by atoms with E-state index in [2.05, 4.69) is 26.8 Å². The third kappa shape index (κ3) is 2.62. The van der Waals surface area contributed by atoms with Crippen molar-refractivity contribution in [2.45, 2.75) is 58.3 Å². The average molecular weight is 234 g/mol. The molecule has 94 valence electrons. The van der Waals surface area contributed by atoms with E-state index in [1.807, 2.05) is 0 Å². The fourth-order valence-corrected chi connectivity index (χ4v) is 2.98. The molecule has 1 aliphatic carbocycles. The number of furan rings is 1. The Bertz CT molecular complexity index is 403. The Kier molecular flexibility index (Phi) is 3.41. The van der Waals surface area contributed by atoms with Gasteiger partial charge in [-0.15, -0.1) is 0 Å². The quantitative estimate of drug-likeness (QED) is 0.791. The maximum absolute atomic E-state index is 12.0. The number of hydrogen-bond acceptors (Lipinski definition) is 2. The van der Waals surface area contributed by atoms with Crippen LogP contribution in [0.25, 0.3) is 0 Å². The molecule has 0 spiro atoms. The first-order valence-electron chi connectivity index (χ1n) is 6.60. The molecule has 1 aromatic heterocycles. The molecular weight excluding hydrogens is 212 g/mol. The van der Waals surface area contributed by atoms with Gasteiger partial charge >= 0.3 is 0 Å². The third-order valence-corrected chi connectivity index (χ3v) is 3.69. The topological polar surface area (TPSA) is 30.2 Å². The Balaban J connectivity index is 2.13. The van der Waals surface area contributed by atoms with Crippen LogP contribution in [0.4, 0.5) is 0 Å². The maximum atomic E-state index is 12.0. The zero-order chi connectivity index (χ0) is 12.5. The number of fused-ring (bicyclic) bond motifs is 1. The Hall–Kier alpha value is -1.05. The predicted octanol–water partition coefficient (Wildman–Crippen LogP) is 3.88. The van der Waals surface area contributed by atoms with Crippen LogP contribution in [0, 0.1) is 5.92 Å². The van der Waals surface area contributed by atoms with Crippen LogP contribution in [0.15, 0.2) is 16.7 Å². The van der Waals surface area contributed by atoms with Gasteiger partial charge < -0.3 is 4.42 Å². The van der Waals surface area contributed by atoms with Crippen LogP contribution in [0.5, 0.6) is 0 Å². The van der Waals surface area contributed by atoms with E-state index in [1.165, 1.54) is 5.56 Å². The molecule has 1 aliphatic rings. The standard InChI is InChI=1S/C15H22O2/c1-11(2)9-13(16)10-15(3)7-4-5-12-6-8-17-14(12)15/h6,8,11H,4-5,7,9-10H2,1-3H3. The first-order valence-corrected chi connectivity index (χ1v) is 6.60. The summed E-state index contributed by atoms with van der Waals surface area (Å²) in [7, 11) is 0. The summed E-state index contributed by atoms with van der Waals surface area (Å²) in [5, 5.41) is 0. The van der Waals surface area contributed by atoms with Crippen LogP contribution >= 0.6 is 0 Å². The predicted molar refractivity (Wildman–Crippen MR) is 68.1 cm³/mol. The Labute approximate surface area is 103 Å². The van der Waals surface area contributed by atoms with Crippen molar-refractivity contribution in [1.82, 2.24) is 0 Å². The smallest absolute Gasteiger partial charge is 0.134 e. The highest BCUT2D eigenvalue weighted by Crippen LogP contribution is 2.40. The molecule has 0 amide bonds. The second-order valence-electron chi connectivity index (χ2n) is 6.00. The van der Waals surface area contributed by atoms with Gasteiger partial charge in [-0.2, -0.15) is 0 Å². The van der Waals surface area contributed by atoms with Gasteiger partial charge in [-0.3, -0.25) is 4.79 Å². The van der Waals surface area contributed by atoms with Crippen LogP contribution < -0.4 is 0 Å². The minimum absolute atomic E-state index is 0.0664. The number of carbonyl (C=O) groups excluding carboxylic acids is 1. The van der Waals surface area contributed by atoms with Gasteiger partial charge in [0, 0.05) is 18.3 Å². The van der Waals surface area contributed by atoms with Gasteiger partial charge in [-0.1, -0.05) is 20.8 Å². The van der Waals surface area contributed by atoms with Crippen molar-refractivity contribution >= 4 is 5.78 Å². The molecule has 1 unspecified atom stereocenters. The van der Waals surface area contributed by atoms with Gasteiger partial charge in [-0.05, 0) is 36.8 Å². The number of aryl methyl sites for hydroxylation is 1. The lowest BCUT2D eigenvalue weighted by Gasteiger charge is -2.31. The molecule has 1 atom stereocenters. The van der Waals surface area contributed by atoms with Crippen LogP contribution in [0.2, 0.25) is 0 Å². The fraction of sp³-hybridized carbons (Fsp3) is 0.667. The van der Waals surface area contributed by atoms with E-state index >= 15 is 0 Å². The van der Waals surface area contributed by atoms with Crippen molar-refractivity contribution in [1.29, 1.82) is 0 Å². The Morgan fingerprint density at radius 2 is 2.29 bits per heavy atom. The van der Waals surface area contributed by atoms with Crippen molar-refractivity contribution in [3.8, 4) is 0 Å². The first kappa shape index (κ1) is 12.4. The largest absolute Gasteiger partial charge is 0.468 e. The number of hydrogen-bond donors (Lipinski definition) is 0. The van der Waals surface area contributed by atoms with E-state index in [-0.39, 0.29) is 5.41 Å². The Morgan fingerprint density at radius 3 is 3.00 bits per heavy atom. The molecule has 2 nitrogen and oxygen atoms in total. The molecule has 0 saturated carbocycles. The first-order chi connectivity index (χ1) is 8.01. The van der Waals surface area contributed by atoms with Crippen molar-refractivity contribution in [3.05, 3.63) is 23.7 Å². The highest BCUT2D eigenvalue weighted by Gasteiger charge is 2.36. The SMILES string of the molecule is CC(C)CC(=O)CC1(C)CCCc2ccoc21. The molecule has 0 saturated heterocycles. The molecule has 1 heterocycles. The van der Waals surface area contributed by atoms with E-state index in [9.17, 15) is 4.79 Å². The van der Waals surface area contributed by atoms with Gasteiger partial charge in [0.2, 0.25) is 0 Å². The van der Waals surface area contributed by atoms with Gasteiger partial charge in [0.1, 0.15) is 11.5 Å². The lowest BCUT2D eigenvalue weighted by Crippen LogP contribution is -2.29. The summed E-state index contributed by atoms with van der Waals surface area (Å²) in [6.45, 7) is 6.37. The molecule has 0 aromatic carbocycles. The van der Waals surface area contributed by atoms with E-state index in [0.29, 0.717) is 24.5 Å². The molecule has 0 fully saturated rings. The highest BCUT2D eigenvalue weighted by atomic mass is 16.3. The summed E-state index contributed by atoms with van der Waals surface area (Å²) < 4.78 is 5.63. The van der Waals surface area contributed by atoms with E-state index < -0.39 is 0 Å². The van der Waals surface area contributed by atoms with Crippen LogP contribution in [0.1, 0.15) is 57.8 Å². The highest BCUT2D eigenvalue weighted by molar-refractivity contribution is 5.80. The van der Waals surface area contributed by atoms with Crippen molar-refractivity contribution < 1.29 is 9.21 Å². The van der Waals surface area contributed by atoms with Gasteiger partial charge in [0.05, 0.1) is 6.26 Å². The summed E-state index contributed by atoms with van der Waals surface area (Å²) in [5.74, 6) is 1.87. The van der Waals surface area contributed by atoms with Crippen molar-refractivity contribution in [2.75, 3.05) is 0 Å². The van der Waals surface area contributed by atoms with E-state index in [0.717, 1.165) is 25.0 Å². The van der Waals surface area contributed by atoms with Crippen molar-refractivity contribution in [2.24, 2.45) is 5.92 Å². The van der Waals surface area contributed by atoms with Crippen LogP contribution in [-0.4, -0.2) is 5.78 Å². The minimum atomic E-state index is -0.0664. The fourth-order valence-electron chi connectivity index (χ4n) is 2.98. The zero-order valence-corrected chi connectivity index (χ0v) is 11.1. The summed E-state index contributed by atoms with van der Waals surface area (Å²) >= 11 is 0. The molecule has 1 aromatic rings. The van der Waals surface area contributed by atoms with E-state index in [4.69, 9.17) is 4.42 Å². The molecule has 0 N–H and O–H groups in total. The summed E-state index contributed by atoms with van der Waals surface area (Å²) in [4.78, 5) is 12.0. The zero-order valence-electron chi connectivity index (χ0n) is 11.1. The van der Waals surface area contributed by atoms with Crippen LogP contribution in [0.3, 0.4) is 0 Å². The average Bonchev–Trinajstić information content (AvgIpc) is 2.65. The lowest BCUT2D eigenvalue weighted by atomic mass is 9.72. The third-order valence-electron chi connectivity index (χ3n) is 3.69. The van der Waals surface area contributed by atoms with Crippen LogP contribution in [-0.2, 0) is 16.6 Å². The molecule has 2 heteroatoms. The van der Waals surface area contributed by atoms with Crippen molar-refractivity contribution in [3.63, 3.8) is 0 Å². The van der Waals surface area contributed by atoms with Gasteiger partial charge in [-0.25, -0.2) is 0 Å². The van der Waals surface area contributed by atoms with Gasteiger partial charge in [0.15, 0.2) is 0 Å². The number of carbonyl (C=O) groups is 1. The van der Waals surface area contributed by atoms with Gasteiger partial charge in [0.25, 0.3) is 0 Å². The molecule has 0 radical (unpaired) electrons. The minimum Gasteiger partial charge on any atom is -0.468 e. The van der Waals surface area contributed by atoms with E-state index in [1.54, 1.807) is 6.26 Å². The molecule has 2 rings (SSSR count). The number of rotatable bonds is 4. The number of Topliss-reactive ketones (excluding diaryl/α,β-unsaturated/α-hetero) is 1. The second-order valence-corrected chi connectivity index (χ2v) is 6.00. The Morgan fingerprint density at radius 1 is 1.53 bits per heavy atom. The lowest BCUT2D eigenvalue weighted by molar-refractivity contribution is -0.121. The molecular formula is C15H22O2. The summed E-state index contributed by atoms with van der Waals surface area (Å²) in [6, 6.07) is 2.06. The normalized spacial score (nSPS) is 23.8. The second kappa shape index (κ2) is 4.67. The number of ketones is 1. The molecule has 17 heavy (non-hydrogen) atoms. The summed E-state index contributed by atoms with van der Waals surface area (Å²) in [6.07, 6.45) is 6.41. The molecule has 0 aliphatic heterocycles.